The van der Waals surface area contributed by atoms with Gasteiger partial charge in [-0.25, -0.2) is 0 Å². The third-order valence-electron chi connectivity index (χ3n) is 6.12. The minimum Gasteiger partial charge on any atom is -0.359 e. The fraction of sp³-hybridized carbons (Fsp3) is 0.632. The third kappa shape index (κ3) is 2.76. The first-order valence-electron chi connectivity index (χ1n) is 8.87. The summed E-state index contributed by atoms with van der Waals surface area (Å²) in [4.78, 5) is 0. The van der Waals surface area contributed by atoms with Crippen LogP contribution in [-0.2, 0) is 6.42 Å². The minimum absolute atomic E-state index is 0.613. The highest BCUT2D eigenvalue weighted by Gasteiger charge is 2.48. The second-order valence-corrected chi connectivity index (χ2v) is 8.02. The van der Waals surface area contributed by atoms with Crippen LogP contribution in [0, 0.1) is 23.7 Å². The molecule has 0 aliphatic heterocycles. The van der Waals surface area contributed by atoms with E-state index in [1.54, 1.807) is 0 Å². The van der Waals surface area contributed by atoms with Crippen LogP contribution in [-0.4, -0.2) is 11.2 Å². The predicted molar refractivity (Wildman–Crippen MR) is 96.0 cm³/mol. The summed E-state index contributed by atoms with van der Waals surface area (Å²) in [5, 5.41) is 7.88. The SMILES string of the molecule is CCc1cccc(NC(=S)NC2C3CC4CC(C3)CC2C4)c1. The number of hydrogen-bond acceptors (Lipinski definition) is 1. The zero-order valence-electron chi connectivity index (χ0n) is 13.3. The van der Waals surface area contributed by atoms with Gasteiger partial charge in [0.15, 0.2) is 5.11 Å². The molecule has 4 saturated carbocycles. The number of benzene rings is 1. The minimum atomic E-state index is 0.613. The number of anilines is 1. The summed E-state index contributed by atoms with van der Waals surface area (Å²) in [5.74, 6) is 3.75. The van der Waals surface area contributed by atoms with Crippen LogP contribution in [0.5, 0.6) is 0 Å². The normalized spacial score (nSPS) is 35.4. The summed E-state index contributed by atoms with van der Waals surface area (Å²) >= 11 is 5.59. The third-order valence-corrected chi connectivity index (χ3v) is 6.34. The van der Waals surface area contributed by atoms with Crippen molar-refractivity contribution in [3.8, 4) is 0 Å². The first kappa shape index (κ1) is 14.5. The molecule has 5 rings (SSSR count). The Hall–Kier alpha value is -1.09. The monoisotopic (exact) mass is 314 g/mol. The highest BCUT2D eigenvalue weighted by atomic mass is 32.1. The zero-order chi connectivity index (χ0) is 15.1. The van der Waals surface area contributed by atoms with E-state index < -0.39 is 0 Å². The molecule has 0 spiro atoms. The lowest BCUT2D eigenvalue weighted by Crippen LogP contribution is -2.56. The summed E-state index contributed by atoms with van der Waals surface area (Å²) in [6.07, 6.45) is 8.28. The van der Waals surface area contributed by atoms with Crippen LogP contribution in [0.2, 0.25) is 0 Å². The molecular weight excluding hydrogens is 288 g/mol. The Bertz CT molecular complexity index is 540. The summed E-state index contributed by atoms with van der Waals surface area (Å²) < 4.78 is 0. The molecule has 0 saturated heterocycles. The van der Waals surface area contributed by atoms with Crippen molar-refractivity contribution < 1.29 is 0 Å². The van der Waals surface area contributed by atoms with Gasteiger partial charge in [-0.15, -0.1) is 0 Å². The molecule has 0 aromatic heterocycles. The highest BCUT2D eigenvalue weighted by Crippen LogP contribution is 2.53. The average molecular weight is 314 g/mol. The molecule has 0 unspecified atom stereocenters. The van der Waals surface area contributed by atoms with Crippen LogP contribution in [0.3, 0.4) is 0 Å². The van der Waals surface area contributed by atoms with E-state index in [0.717, 1.165) is 40.9 Å². The smallest absolute Gasteiger partial charge is 0.171 e. The van der Waals surface area contributed by atoms with Gasteiger partial charge >= 0.3 is 0 Å². The van der Waals surface area contributed by atoms with E-state index in [0.29, 0.717) is 6.04 Å². The Morgan fingerprint density at radius 2 is 1.77 bits per heavy atom. The second-order valence-electron chi connectivity index (χ2n) is 7.61. The molecule has 0 radical (unpaired) electrons. The van der Waals surface area contributed by atoms with Gasteiger partial charge in [-0.05, 0) is 92.1 Å². The zero-order valence-corrected chi connectivity index (χ0v) is 14.2. The van der Waals surface area contributed by atoms with Gasteiger partial charge in [0.05, 0.1) is 0 Å². The quantitative estimate of drug-likeness (QED) is 0.811. The van der Waals surface area contributed by atoms with Crippen molar-refractivity contribution in [1.82, 2.24) is 5.32 Å². The lowest BCUT2D eigenvalue weighted by Gasteiger charge is -2.54. The summed E-state index contributed by atoms with van der Waals surface area (Å²) in [7, 11) is 0. The molecule has 4 bridgehead atoms. The highest BCUT2D eigenvalue weighted by molar-refractivity contribution is 7.80. The Morgan fingerprint density at radius 1 is 1.09 bits per heavy atom. The predicted octanol–water partition coefficient (Wildman–Crippen LogP) is 4.36. The molecule has 4 aliphatic carbocycles. The Morgan fingerprint density at radius 3 is 2.41 bits per heavy atom. The van der Waals surface area contributed by atoms with Gasteiger partial charge < -0.3 is 10.6 Å². The maximum atomic E-state index is 5.59. The molecule has 4 fully saturated rings. The molecular formula is C19H26N2S. The topological polar surface area (TPSA) is 24.1 Å². The lowest BCUT2D eigenvalue weighted by atomic mass is 9.54. The van der Waals surface area contributed by atoms with E-state index in [2.05, 4.69) is 41.8 Å². The lowest BCUT2D eigenvalue weighted by molar-refractivity contribution is -0.00665. The standard InChI is InChI=1S/C19H26N2S/c1-2-12-4-3-5-17(11-12)20-19(22)21-18-15-7-13-6-14(9-15)10-16(18)8-13/h3-5,11,13-16,18H,2,6-10H2,1H3,(H2,20,21,22). The molecule has 118 valence electrons. The van der Waals surface area contributed by atoms with Crippen LogP contribution in [0.15, 0.2) is 24.3 Å². The second kappa shape index (κ2) is 5.84. The maximum Gasteiger partial charge on any atom is 0.171 e. The van der Waals surface area contributed by atoms with E-state index >= 15 is 0 Å². The molecule has 4 aliphatic rings. The molecule has 0 heterocycles. The van der Waals surface area contributed by atoms with Crippen LogP contribution < -0.4 is 10.6 Å². The van der Waals surface area contributed by atoms with E-state index in [-0.39, 0.29) is 0 Å². The number of thiocarbonyl (C=S) groups is 1. The molecule has 0 atom stereocenters. The fourth-order valence-corrected chi connectivity index (χ4v) is 5.60. The molecule has 22 heavy (non-hydrogen) atoms. The van der Waals surface area contributed by atoms with Gasteiger partial charge in [0.25, 0.3) is 0 Å². The van der Waals surface area contributed by atoms with Gasteiger partial charge in [-0.2, -0.15) is 0 Å². The van der Waals surface area contributed by atoms with E-state index in [9.17, 15) is 0 Å². The summed E-state index contributed by atoms with van der Waals surface area (Å²) in [5.41, 5.74) is 2.46. The molecule has 2 N–H and O–H groups in total. The first-order valence-corrected chi connectivity index (χ1v) is 9.28. The van der Waals surface area contributed by atoms with Gasteiger partial charge in [-0.3, -0.25) is 0 Å². The van der Waals surface area contributed by atoms with Gasteiger partial charge in [-0.1, -0.05) is 19.1 Å². The number of rotatable bonds is 3. The van der Waals surface area contributed by atoms with Crippen molar-refractivity contribution in [2.24, 2.45) is 23.7 Å². The summed E-state index contributed by atoms with van der Waals surface area (Å²) in [6, 6.07) is 9.18. The van der Waals surface area contributed by atoms with Gasteiger partial charge in [0.1, 0.15) is 0 Å². The van der Waals surface area contributed by atoms with Crippen LogP contribution in [0.1, 0.15) is 44.6 Å². The van der Waals surface area contributed by atoms with E-state index in [1.807, 2.05) is 0 Å². The molecule has 1 aromatic rings. The van der Waals surface area contributed by atoms with Gasteiger partial charge in [0.2, 0.25) is 0 Å². The Kier molecular flexibility index (Phi) is 3.85. The van der Waals surface area contributed by atoms with Gasteiger partial charge in [0, 0.05) is 11.7 Å². The van der Waals surface area contributed by atoms with E-state index in [1.165, 1.54) is 37.7 Å². The fourth-order valence-electron chi connectivity index (χ4n) is 5.35. The number of nitrogens with one attached hydrogen (secondary N) is 2. The van der Waals surface area contributed by atoms with Crippen LogP contribution in [0.4, 0.5) is 5.69 Å². The number of hydrogen-bond donors (Lipinski definition) is 2. The largest absolute Gasteiger partial charge is 0.359 e. The summed E-state index contributed by atoms with van der Waals surface area (Å²) in [6.45, 7) is 2.18. The van der Waals surface area contributed by atoms with Crippen molar-refractivity contribution in [2.45, 2.75) is 51.5 Å². The van der Waals surface area contributed by atoms with Crippen LogP contribution >= 0.6 is 12.2 Å². The van der Waals surface area contributed by atoms with Crippen molar-refractivity contribution in [2.75, 3.05) is 5.32 Å². The molecule has 2 nitrogen and oxygen atoms in total. The van der Waals surface area contributed by atoms with Crippen LogP contribution in [0.25, 0.3) is 0 Å². The maximum absolute atomic E-state index is 5.59. The average Bonchev–Trinajstić information content (AvgIpc) is 2.50. The Balaban J connectivity index is 1.39. The van der Waals surface area contributed by atoms with Crippen molar-refractivity contribution in [3.63, 3.8) is 0 Å². The molecule has 1 aromatic carbocycles. The van der Waals surface area contributed by atoms with Crippen molar-refractivity contribution >= 4 is 23.0 Å². The first-order chi connectivity index (χ1) is 10.7. The van der Waals surface area contributed by atoms with Crippen molar-refractivity contribution in [1.29, 1.82) is 0 Å². The number of aryl methyl sites for hydroxylation is 1. The molecule has 3 heteroatoms. The molecule has 0 amide bonds. The van der Waals surface area contributed by atoms with Crippen molar-refractivity contribution in [3.05, 3.63) is 29.8 Å². The van der Waals surface area contributed by atoms with E-state index in [4.69, 9.17) is 12.2 Å². The Labute approximate surface area is 139 Å².